The maximum Gasteiger partial charge on any atom is 0.296 e. The number of hydrazone groups is 1. The Morgan fingerprint density at radius 2 is 1.90 bits per heavy atom. The van der Waals surface area contributed by atoms with Crippen LogP contribution in [0.2, 0.25) is 0 Å². The number of aliphatic imine (C=N–C) groups is 1. The molecule has 0 unspecified atom stereocenters. The molecule has 2 heterocycles. The quantitative estimate of drug-likeness (QED) is 0.329. The fourth-order valence-electron chi connectivity index (χ4n) is 3.45. The van der Waals surface area contributed by atoms with Crippen molar-refractivity contribution in [1.29, 1.82) is 5.26 Å². The molecule has 0 bridgehead atoms. The molecule has 1 fully saturated rings. The van der Waals surface area contributed by atoms with E-state index < -0.39 is 0 Å². The topological polar surface area (TPSA) is 90.7 Å². The van der Waals surface area contributed by atoms with Crippen molar-refractivity contribution in [2.75, 3.05) is 24.8 Å². The van der Waals surface area contributed by atoms with E-state index in [0.717, 1.165) is 38.0 Å². The first-order valence-corrected chi connectivity index (χ1v) is 11.6. The Balaban J connectivity index is 1.98. The lowest BCUT2D eigenvalue weighted by molar-refractivity contribution is 0.346. The Kier molecular flexibility index (Phi) is 7.65. The predicted octanol–water partition coefficient (Wildman–Crippen LogP) is 3.31. The molecule has 0 spiro atoms. The number of thioether (sulfide) groups is 1. The van der Waals surface area contributed by atoms with Crippen LogP contribution in [0, 0.1) is 18.3 Å². The lowest BCUT2D eigenvalue weighted by Gasteiger charge is -2.28. The van der Waals surface area contributed by atoms with Gasteiger partial charge in [-0.1, -0.05) is 42.2 Å². The van der Waals surface area contributed by atoms with Crippen LogP contribution in [0.1, 0.15) is 25.0 Å². The normalized spacial score (nSPS) is 15.0. The molecule has 0 atom stereocenters. The zero-order valence-corrected chi connectivity index (χ0v) is 19.5. The van der Waals surface area contributed by atoms with Crippen LogP contribution in [0.5, 0.6) is 0 Å². The number of nitriles is 1. The van der Waals surface area contributed by atoms with Gasteiger partial charge in [0.05, 0.1) is 11.4 Å². The average Bonchev–Trinajstić information content (AvgIpc) is 3.02. The lowest BCUT2D eigenvalue weighted by Crippen LogP contribution is -2.40. The SMILES string of the molecule is CSC(=S)N=C(/C(C#N)=N\Nc1c(C)n(C)n(-c2ccccc2)c1=O)N1CCCCC1. The molecule has 162 valence electrons. The number of hydrogen-bond donors (Lipinski definition) is 1. The van der Waals surface area contributed by atoms with Crippen molar-refractivity contribution in [1.82, 2.24) is 14.3 Å². The highest BCUT2D eigenvalue weighted by atomic mass is 32.2. The number of amidine groups is 1. The van der Waals surface area contributed by atoms with Gasteiger partial charge in [-0.2, -0.15) is 10.4 Å². The maximum atomic E-state index is 13.1. The smallest absolute Gasteiger partial charge is 0.296 e. The fourth-order valence-corrected chi connectivity index (χ4v) is 3.71. The molecule has 8 nitrogen and oxygen atoms in total. The van der Waals surface area contributed by atoms with Crippen LogP contribution in [-0.4, -0.2) is 49.5 Å². The fraction of sp³-hybridized carbons (Fsp3) is 0.381. The highest BCUT2D eigenvalue weighted by molar-refractivity contribution is 8.22. The number of nitrogens with zero attached hydrogens (tertiary/aromatic N) is 6. The summed E-state index contributed by atoms with van der Waals surface area (Å²) in [5, 5.41) is 14.1. The van der Waals surface area contributed by atoms with E-state index in [2.05, 4.69) is 21.6 Å². The van der Waals surface area contributed by atoms with Gasteiger partial charge in [-0.25, -0.2) is 9.67 Å². The van der Waals surface area contributed by atoms with Crippen molar-refractivity contribution in [3.05, 3.63) is 46.4 Å². The van der Waals surface area contributed by atoms with Gasteiger partial charge < -0.3 is 4.90 Å². The van der Waals surface area contributed by atoms with E-state index in [9.17, 15) is 10.1 Å². The first-order chi connectivity index (χ1) is 15.0. The number of benzene rings is 1. The van der Waals surface area contributed by atoms with Gasteiger partial charge in [0.15, 0.2) is 10.2 Å². The van der Waals surface area contributed by atoms with Crippen molar-refractivity contribution >= 4 is 45.5 Å². The van der Waals surface area contributed by atoms with Crippen LogP contribution in [0.4, 0.5) is 5.69 Å². The molecule has 1 aliphatic heterocycles. The molecule has 1 aromatic heterocycles. The minimum atomic E-state index is -0.247. The molecule has 0 saturated carbocycles. The molecule has 1 N–H and O–H groups in total. The predicted molar refractivity (Wildman–Crippen MR) is 131 cm³/mol. The van der Waals surface area contributed by atoms with Gasteiger partial charge >= 0.3 is 0 Å². The summed E-state index contributed by atoms with van der Waals surface area (Å²) in [5.41, 5.74) is 4.44. The van der Waals surface area contributed by atoms with Gasteiger partial charge in [-0.05, 0) is 44.6 Å². The van der Waals surface area contributed by atoms with E-state index in [1.54, 1.807) is 16.4 Å². The number of para-hydroxylation sites is 1. The Morgan fingerprint density at radius 1 is 1.23 bits per heavy atom. The average molecular weight is 456 g/mol. The number of hydrogen-bond acceptors (Lipinski definition) is 6. The summed E-state index contributed by atoms with van der Waals surface area (Å²) in [5.74, 6) is 0.450. The van der Waals surface area contributed by atoms with Crippen molar-refractivity contribution in [3.8, 4) is 11.8 Å². The third-order valence-corrected chi connectivity index (χ3v) is 6.21. The Labute approximate surface area is 191 Å². The highest BCUT2D eigenvalue weighted by Gasteiger charge is 2.22. The van der Waals surface area contributed by atoms with Crippen LogP contribution in [0.15, 0.2) is 45.2 Å². The summed E-state index contributed by atoms with van der Waals surface area (Å²) in [4.78, 5) is 19.6. The molecule has 1 aromatic carbocycles. The number of nitrogens with one attached hydrogen (secondary N) is 1. The summed E-state index contributed by atoms with van der Waals surface area (Å²) < 4.78 is 3.75. The molecular weight excluding hydrogens is 430 g/mol. The monoisotopic (exact) mass is 455 g/mol. The molecule has 1 aliphatic rings. The summed E-state index contributed by atoms with van der Waals surface area (Å²) in [6.07, 6.45) is 5.05. The van der Waals surface area contributed by atoms with Gasteiger partial charge in [0, 0.05) is 20.1 Å². The summed E-state index contributed by atoms with van der Waals surface area (Å²) in [6.45, 7) is 3.41. The van der Waals surface area contributed by atoms with Crippen molar-refractivity contribution in [2.45, 2.75) is 26.2 Å². The van der Waals surface area contributed by atoms with Crippen LogP contribution < -0.4 is 11.0 Å². The summed E-state index contributed by atoms with van der Waals surface area (Å²) in [7, 11) is 1.81. The van der Waals surface area contributed by atoms with Gasteiger partial charge in [-0.15, -0.1) is 0 Å². The minimum Gasteiger partial charge on any atom is -0.354 e. The van der Waals surface area contributed by atoms with Gasteiger partial charge in [0.1, 0.15) is 11.8 Å². The van der Waals surface area contributed by atoms with Crippen LogP contribution in [-0.2, 0) is 7.05 Å². The largest absolute Gasteiger partial charge is 0.354 e. The molecule has 10 heteroatoms. The second-order valence-corrected chi connectivity index (χ2v) is 8.51. The zero-order chi connectivity index (χ0) is 22.4. The summed E-state index contributed by atoms with van der Waals surface area (Å²) in [6, 6.07) is 11.5. The number of likely N-dealkylation sites (tertiary alicyclic amines) is 1. The molecule has 3 rings (SSSR count). The lowest BCUT2D eigenvalue weighted by atomic mass is 10.1. The third-order valence-electron chi connectivity index (χ3n) is 5.18. The Bertz CT molecular complexity index is 1100. The van der Waals surface area contributed by atoms with Crippen LogP contribution >= 0.6 is 24.0 Å². The van der Waals surface area contributed by atoms with Gasteiger partial charge in [0.25, 0.3) is 5.56 Å². The molecule has 0 amide bonds. The molecular formula is C21H25N7OS2. The number of aromatic nitrogens is 2. The first kappa shape index (κ1) is 22.8. The molecule has 0 radical (unpaired) electrons. The van der Waals surface area contributed by atoms with Crippen LogP contribution in [0.3, 0.4) is 0 Å². The van der Waals surface area contributed by atoms with Gasteiger partial charge in [0.2, 0.25) is 5.71 Å². The Morgan fingerprint density at radius 3 is 2.52 bits per heavy atom. The van der Waals surface area contributed by atoms with E-state index in [1.165, 1.54) is 11.8 Å². The Hall–Kier alpha value is -2.90. The van der Waals surface area contributed by atoms with E-state index in [0.29, 0.717) is 21.5 Å². The maximum absolute atomic E-state index is 13.1. The third kappa shape index (κ3) is 5.06. The first-order valence-electron chi connectivity index (χ1n) is 9.97. The molecule has 2 aromatic rings. The van der Waals surface area contributed by atoms with E-state index in [1.807, 2.05) is 48.4 Å². The van der Waals surface area contributed by atoms with Crippen molar-refractivity contribution in [3.63, 3.8) is 0 Å². The number of piperidine rings is 1. The van der Waals surface area contributed by atoms with E-state index in [-0.39, 0.29) is 11.3 Å². The molecule has 31 heavy (non-hydrogen) atoms. The number of rotatable bonds is 4. The second-order valence-electron chi connectivity index (χ2n) is 7.07. The highest BCUT2D eigenvalue weighted by Crippen LogP contribution is 2.15. The molecule has 1 saturated heterocycles. The number of thiocarbonyl (C=S) groups is 1. The second kappa shape index (κ2) is 10.4. The molecule has 0 aliphatic carbocycles. The number of anilines is 1. The van der Waals surface area contributed by atoms with Crippen LogP contribution in [0.25, 0.3) is 5.69 Å². The summed E-state index contributed by atoms with van der Waals surface area (Å²) >= 11 is 6.61. The van der Waals surface area contributed by atoms with E-state index >= 15 is 0 Å². The van der Waals surface area contributed by atoms with E-state index in [4.69, 9.17) is 12.2 Å². The minimum absolute atomic E-state index is 0.104. The van der Waals surface area contributed by atoms with Gasteiger partial charge in [-0.3, -0.25) is 14.9 Å². The zero-order valence-electron chi connectivity index (χ0n) is 17.8. The van der Waals surface area contributed by atoms with Crippen molar-refractivity contribution < 1.29 is 0 Å². The standard InChI is InChI=1S/C21H25N7OS2/c1-15-18(20(29)28(26(15)2)16-10-6-4-7-11-16)25-24-17(14-22)19(23-21(30)31-3)27-12-8-5-9-13-27/h4,6-7,10-11,25H,5,8-9,12-13H2,1-3H3/b23-19?,24-17-. The van der Waals surface area contributed by atoms with Crippen molar-refractivity contribution in [2.24, 2.45) is 17.1 Å².